The summed E-state index contributed by atoms with van der Waals surface area (Å²) in [6.45, 7) is 5.97. The summed E-state index contributed by atoms with van der Waals surface area (Å²) in [5.41, 5.74) is 4.33. The van der Waals surface area contributed by atoms with Gasteiger partial charge in [0.2, 0.25) is 11.8 Å². The van der Waals surface area contributed by atoms with Crippen molar-refractivity contribution >= 4 is 29.4 Å². The molecule has 0 atom stereocenters. The van der Waals surface area contributed by atoms with E-state index in [1.807, 2.05) is 37.6 Å². The van der Waals surface area contributed by atoms with Gasteiger partial charge in [-0.1, -0.05) is 23.9 Å². The van der Waals surface area contributed by atoms with E-state index in [0.29, 0.717) is 5.82 Å². The molecule has 1 N–H and O–H groups in total. The maximum absolute atomic E-state index is 12.5. The predicted octanol–water partition coefficient (Wildman–Crippen LogP) is 3.38. The van der Waals surface area contributed by atoms with E-state index >= 15 is 0 Å². The molecule has 0 unspecified atom stereocenters. The number of nitrogens with one attached hydrogen (secondary N) is 1. The molecule has 0 spiro atoms. The Labute approximate surface area is 180 Å². The number of anilines is 1. The van der Waals surface area contributed by atoms with Crippen LogP contribution in [0.25, 0.3) is 5.69 Å². The number of imidazole rings is 1. The van der Waals surface area contributed by atoms with E-state index in [4.69, 9.17) is 0 Å². The predicted molar refractivity (Wildman–Crippen MR) is 119 cm³/mol. The molecule has 8 heteroatoms. The van der Waals surface area contributed by atoms with Crippen LogP contribution < -0.4 is 5.32 Å². The van der Waals surface area contributed by atoms with Gasteiger partial charge in [-0.25, -0.2) is 9.97 Å². The maximum Gasteiger partial charge on any atom is 0.245 e. The molecule has 30 heavy (non-hydrogen) atoms. The second-order valence-electron chi connectivity index (χ2n) is 7.17. The summed E-state index contributed by atoms with van der Waals surface area (Å²) < 4.78 is 1.98. The molecular formula is C22H25N5O2S. The molecule has 156 valence electrons. The Kier molecular flexibility index (Phi) is 6.89. The maximum atomic E-state index is 12.5. The van der Waals surface area contributed by atoms with Crippen LogP contribution in [-0.4, -0.2) is 50.6 Å². The largest absolute Gasteiger partial charge is 0.336 e. The van der Waals surface area contributed by atoms with Gasteiger partial charge in [0, 0.05) is 25.6 Å². The number of rotatable bonds is 7. The lowest BCUT2D eigenvalue weighted by Crippen LogP contribution is -2.36. The van der Waals surface area contributed by atoms with Crippen LogP contribution in [-0.2, 0) is 9.59 Å². The van der Waals surface area contributed by atoms with Crippen molar-refractivity contribution < 1.29 is 9.59 Å². The van der Waals surface area contributed by atoms with Crippen molar-refractivity contribution in [1.82, 2.24) is 19.4 Å². The number of hydrogen-bond acceptors (Lipinski definition) is 5. The molecule has 0 aliphatic heterocycles. The van der Waals surface area contributed by atoms with Crippen LogP contribution in [0.4, 0.5) is 5.82 Å². The van der Waals surface area contributed by atoms with E-state index in [2.05, 4.69) is 33.5 Å². The van der Waals surface area contributed by atoms with Gasteiger partial charge >= 0.3 is 0 Å². The number of carbonyl (C=O) groups is 2. The number of hydrogen-bond donors (Lipinski definition) is 1. The Morgan fingerprint density at radius 1 is 1.07 bits per heavy atom. The zero-order valence-electron chi connectivity index (χ0n) is 17.5. The molecule has 3 rings (SSSR count). The van der Waals surface area contributed by atoms with E-state index in [-0.39, 0.29) is 24.1 Å². The monoisotopic (exact) mass is 423 g/mol. The molecule has 2 amide bonds. The van der Waals surface area contributed by atoms with Crippen LogP contribution in [0.1, 0.15) is 16.7 Å². The number of aromatic nitrogens is 3. The highest BCUT2D eigenvalue weighted by atomic mass is 32.2. The van der Waals surface area contributed by atoms with E-state index < -0.39 is 0 Å². The summed E-state index contributed by atoms with van der Waals surface area (Å²) in [7, 11) is 1.61. The summed E-state index contributed by atoms with van der Waals surface area (Å²) in [5, 5.41) is 3.45. The summed E-state index contributed by atoms with van der Waals surface area (Å²) in [4.78, 5) is 34.6. The molecule has 0 saturated heterocycles. The van der Waals surface area contributed by atoms with Crippen LogP contribution in [0.2, 0.25) is 0 Å². The van der Waals surface area contributed by atoms with Gasteiger partial charge < -0.3 is 10.2 Å². The third-order valence-corrected chi connectivity index (χ3v) is 5.50. The molecule has 0 aliphatic carbocycles. The number of benzene rings is 1. The fourth-order valence-corrected chi connectivity index (χ4v) is 3.79. The molecule has 2 aromatic heterocycles. The smallest absolute Gasteiger partial charge is 0.245 e. The van der Waals surface area contributed by atoms with Gasteiger partial charge in [-0.05, 0) is 55.7 Å². The number of pyridine rings is 1. The average molecular weight is 424 g/mol. The topological polar surface area (TPSA) is 80.1 Å². The average Bonchev–Trinajstić information content (AvgIpc) is 3.16. The molecular weight excluding hydrogens is 398 g/mol. The van der Waals surface area contributed by atoms with Crippen LogP contribution >= 0.6 is 11.8 Å². The first-order valence-electron chi connectivity index (χ1n) is 9.53. The number of likely N-dealkylation sites (N-methyl/N-ethyl adjacent to an activating group) is 1. The first kappa shape index (κ1) is 21.6. The lowest BCUT2D eigenvalue weighted by molar-refractivity contribution is -0.131. The standard InChI is InChI=1S/C22H25N5O2S/c1-15-5-6-17(3)18(11-15)27-10-9-24-22(27)30-14-21(29)26(4)13-20(28)25-19-12-16(2)7-8-23-19/h5-12H,13-14H2,1-4H3,(H,23,25,28). The first-order valence-corrected chi connectivity index (χ1v) is 10.5. The Morgan fingerprint density at radius 2 is 1.83 bits per heavy atom. The van der Waals surface area contributed by atoms with Crippen LogP contribution in [0.15, 0.2) is 54.1 Å². The highest BCUT2D eigenvalue weighted by Gasteiger charge is 2.16. The van der Waals surface area contributed by atoms with Gasteiger partial charge in [0.1, 0.15) is 5.82 Å². The van der Waals surface area contributed by atoms with Crippen LogP contribution in [0.5, 0.6) is 0 Å². The van der Waals surface area contributed by atoms with Gasteiger partial charge in [0.25, 0.3) is 0 Å². The van der Waals surface area contributed by atoms with Crippen LogP contribution in [0, 0.1) is 20.8 Å². The quantitative estimate of drug-likeness (QED) is 0.589. The second kappa shape index (κ2) is 9.58. The third kappa shape index (κ3) is 5.48. The lowest BCUT2D eigenvalue weighted by Gasteiger charge is -2.17. The van der Waals surface area contributed by atoms with Gasteiger partial charge in [-0.15, -0.1) is 0 Å². The minimum absolute atomic E-state index is 0.0412. The zero-order valence-corrected chi connectivity index (χ0v) is 18.4. The van der Waals surface area contributed by atoms with Crippen molar-refractivity contribution in [3.63, 3.8) is 0 Å². The SMILES string of the molecule is Cc1ccnc(NC(=O)CN(C)C(=O)CSc2nccn2-c2cc(C)ccc2C)c1. The van der Waals surface area contributed by atoms with Gasteiger partial charge in [0.05, 0.1) is 18.0 Å². The van der Waals surface area contributed by atoms with Gasteiger partial charge in [-0.3, -0.25) is 14.2 Å². The summed E-state index contributed by atoms with van der Waals surface area (Å²) in [5.74, 6) is 0.230. The minimum atomic E-state index is -0.286. The van der Waals surface area contributed by atoms with E-state index in [0.717, 1.165) is 27.5 Å². The molecule has 0 radical (unpaired) electrons. The van der Waals surface area contributed by atoms with Crippen LogP contribution in [0.3, 0.4) is 0 Å². The highest BCUT2D eigenvalue weighted by Crippen LogP contribution is 2.23. The van der Waals surface area contributed by atoms with Crippen molar-refractivity contribution in [2.75, 3.05) is 24.7 Å². The number of thioether (sulfide) groups is 1. The minimum Gasteiger partial charge on any atom is -0.336 e. The normalized spacial score (nSPS) is 10.7. The van der Waals surface area contributed by atoms with E-state index in [1.165, 1.54) is 16.7 Å². The Bertz CT molecular complexity index is 1060. The third-order valence-electron chi connectivity index (χ3n) is 4.55. The molecule has 0 bridgehead atoms. The summed E-state index contributed by atoms with van der Waals surface area (Å²) >= 11 is 1.35. The van der Waals surface area contributed by atoms with Crippen molar-refractivity contribution in [2.24, 2.45) is 0 Å². The molecule has 0 aliphatic rings. The first-order chi connectivity index (χ1) is 14.3. The fraction of sp³-hybridized carbons (Fsp3) is 0.273. The molecule has 1 aromatic carbocycles. The van der Waals surface area contributed by atoms with Crippen molar-refractivity contribution in [1.29, 1.82) is 0 Å². The molecule has 0 fully saturated rings. The highest BCUT2D eigenvalue weighted by molar-refractivity contribution is 7.99. The number of carbonyl (C=O) groups excluding carboxylic acids is 2. The molecule has 7 nitrogen and oxygen atoms in total. The zero-order chi connectivity index (χ0) is 21.7. The Hall–Kier alpha value is -3.13. The van der Waals surface area contributed by atoms with E-state index in [1.54, 1.807) is 25.5 Å². The van der Waals surface area contributed by atoms with Crippen molar-refractivity contribution in [2.45, 2.75) is 25.9 Å². The van der Waals surface area contributed by atoms with Crippen molar-refractivity contribution in [3.05, 3.63) is 65.6 Å². The second-order valence-corrected chi connectivity index (χ2v) is 8.12. The molecule has 3 aromatic rings. The van der Waals surface area contributed by atoms with Crippen molar-refractivity contribution in [3.8, 4) is 5.69 Å². The summed E-state index contributed by atoms with van der Waals surface area (Å²) in [6, 6.07) is 9.87. The Morgan fingerprint density at radius 3 is 2.60 bits per heavy atom. The Balaban J connectivity index is 1.57. The van der Waals surface area contributed by atoms with Gasteiger partial charge in [-0.2, -0.15) is 0 Å². The lowest BCUT2D eigenvalue weighted by atomic mass is 10.1. The number of aryl methyl sites for hydroxylation is 3. The number of nitrogens with zero attached hydrogens (tertiary/aromatic N) is 4. The molecule has 2 heterocycles. The van der Waals surface area contributed by atoms with Gasteiger partial charge in [0.15, 0.2) is 5.16 Å². The number of amides is 2. The fourth-order valence-electron chi connectivity index (χ4n) is 2.89. The summed E-state index contributed by atoms with van der Waals surface area (Å²) in [6.07, 6.45) is 5.25. The molecule has 0 saturated carbocycles. The van der Waals surface area contributed by atoms with E-state index in [9.17, 15) is 9.59 Å².